The number of halogens is 1. The Labute approximate surface area is 126 Å². The van der Waals surface area contributed by atoms with Crippen LogP contribution in [-0.2, 0) is 13.0 Å². The molecule has 0 aliphatic carbocycles. The summed E-state index contributed by atoms with van der Waals surface area (Å²) in [4.78, 5) is 4.41. The lowest BCUT2D eigenvalue weighted by atomic mass is 10.00. The highest BCUT2D eigenvalue weighted by Gasteiger charge is 2.18. The molecule has 1 atom stereocenters. The molecule has 2 aromatic rings. The minimum atomic E-state index is -0.110. The monoisotopic (exact) mass is 289 g/mol. The zero-order valence-electron chi connectivity index (χ0n) is 13.1. The van der Waals surface area contributed by atoms with Crippen LogP contribution in [0, 0.1) is 12.7 Å². The maximum absolute atomic E-state index is 14.4. The Morgan fingerprint density at radius 3 is 2.86 bits per heavy atom. The molecule has 1 unspecified atom stereocenters. The highest BCUT2D eigenvalue weighted by molar-refractivity contribution is 5.28. The van der Waals surface area contributed by atoms with Crippen LogP contribution in [0.4, 0.5) is 4.39 Å². The van der Waals surface area contributed by atoms with Crippen LogP contribution in [0.5, 0.6) is 0 Å². The van der Waals surface area contributed by atoms with E-state index in [2.05, 4.69) is 28.7 Å². The first kappa shape index (κ1) is 15.7. The predicted molar refractivity (Wildman–Crippen MR) is 83.8 cm³/mol. The molecule has 0 bridgehead atoms. The Bertz CT molecular complexity index is 577. The number of aromatic nitrogens is 2. The molecular formula is C17H24FN3. The molecule has 21 heavy (non-hydrogen) atoms. The van der Waals surface area contributed by atoms with Crippen molar-refractivity contribution in [3.8, 4) is 0 Å². The standard InChI is InChI=1S/C17H24FN3/c1-4-9-19-15(12-16-20-10-11-21(16)5-2)14-8-6-7-13(3)17(14)18/h6-8,10-11,15,19H,4-5,9,12H2,1-3H3. The van der Waals surface area contributed by atoms with E-state index in [4.69, 9.17) is 0 Å². The summed E-state index contributed by atoms with van der Waals surface area (Å²) in [5.41, 5.74) is 1.42. The van der Waals surface area contributed by atoms with E-state index < -0.39 is 0 Å². The van der Waals surface area contributed by atoms with Gasteiger partial charge >= 0.3 is 0 Å². The second-order valence-corrected chi connectivity index (χ2v) is 5.32. The number of aryl methyl sites for hydroxylation is 2. The first-order valence-electron chi connectivity index (χ1n) is 7.65. The molecule has 0 fully saturated rings. The van der Waals surface area contributed by atoms with Gasteiger partial charge in [0.2, 0.25) is 0 Å². The highest BCUT2D eigenvalue weighted by Crippen LogP contribution is 2.23. The molecule has 2 rings (SSSR count). The molecule has 1 heterocycles. The Kier molecular flexibility index (Phi) is 5.51. The van der Waals surface area contributed by atoms with Gasteiger partial charge in [-0.25, -0.2) is 9.37 Å². The molecule has 0 saturated carbocycles. The molecule has 0 radical (unpaired) electrons. The second-order valence-electron chi connectivity index (χ2n) is 5.32. The smallest absolute Gasteiger partial charge is 0.130 e. The number of hydrogen-bond donors (Lipinski definition) is 1. The third-order valence-electron chi connectivity index (χ3n) is 3.77. The third-order valence-corrected chi connectivity index (χ3v) is 3.77. The van der Waals surface area contributed by atoms with E-state index in [1.807, 2.05) is 37.5 Å². The van der Waals surface area contributed by atoms with E-state index in [0.29, 0.717) is 12.0 Å². The van der Waals surface area contributed by atoms with Crippen molar-refractivity contribution >= 4 is 0 Å². The van der Waals surface area contributed by atoms with Crippen molar-refractivity contribution < 1.29 is 4.39 Å². The number of benzene rings is 1. The quantitative estimate of drug-likeness (QED) is 0.843. The van der Waals surface area contributed by atoms with Crippen molar-refractivity contribution in [2.24, 2.45) is 0 Å². The van der Waals surface area contributed by atoms with Crippen molar-refractivity contribution in [3.05, 3.63) is 53.4 Å². The second kappa shape index (κ2) is 7.36. The number of imidazole rings is 1. The summed E-state index contributed by atoms with van der Waals surface area (Å²) in [6.45, 7) is 7.76. The summed E-state index contributed by atoms with van der Waals surface area (Å²) in [5, 5.41) is 3.45. The molecule has 1 aromatic carbocycles. The van der Waals surface area contributed by atoms with E-state index in [-0.39, 0.29) is 11.9 Å². The van der Waals surface area contributed by atoms with E-state index >= 15 is 0 Å². The number of nitrogens with one attached hydrogen (secondary N) is 1. The molecule has 4 heteroatoms. The topological polar surface area (TPSA) is 29.9 Å². The third kappa shape index (κ3) is 3.70. The largest absolute Gasteiger partial charge is 0.335 e. The van der Waals surface area contributed by atoms with Gasteiger partial charge in [-0.3, -0.25) is 0 Å². The van der Waals surface area contributed by atoms with E-state index in [0.717, 1.165) is 30.9 Å². The highest BCUT2D eigenvalue weighted by atomic mass is 19.1. The minimum Gasteiger partial charge on any atom is -0.335 e. The molecule has 114 valence electrons. The van der Waals surface area contributed by atoms with Gasteiger partial charge < -0.3 is 9.88 Å². The predicted octanol–water partition coefficient (Wildman–Crippen LogP) is 3.63. The van der Waals surface area contributed by atoms with Crippen LogP contribution < -0.4 is 5.32 Å². The van der Waals surface area contributed by atoms with Gasteiger partial charge in [0, 0.05) is 37.0 Å². The van der Waals surface area contributed by atoms with Crippen molar-refractivity contribution in [2.75, 3.05) is 6.54 Å². The average Bonchev–Trinajstić information content (AvgIpc) is 2.93. The van der Waals surface area contributed by atoms with Crippen molar-refractivity contribution in [1.29, 1.82) is 0 Å². The number of hydrogen-bond acceptors (Lipinski definition) is 2. The molecule has 0 spiro atoms. The van der Waals surface area contributed by atoms with Gasteiger partial charge in [-0.15, -0.1) is 0 Å². The summed E-state index contributed by atoms with van der Waals surface area (Å²) in [6, 6.07) is 5.55. The fourth-order valence-electron chi connectivity index (χ4n) is 2.55. The van der Waals surface area contributed by atoms with Crippen LogP contribution in [0.3, 0.4) is 0 Å². The molecule has 0 amide bonds. The SMILES string of the molecule is CCCNC(Cc1nccn1CC)c1cccc(C)c1F. The minimum absolute atomic E-state index is 0.0439. The summed E-state index contributed by atoms with van der Waals surface area (Å²) in [7, 11) is 0. The Balaban J connectivity index is 2.28. The van der Waals surface area contributed by atoms with Gasteiger partial charge in [0.1, 0.15) is 11.6 Å². The van der Waals surface area contributed by atoms with Gasteiger partial charge in [-0.05, 0) is 32.4 Å². The summed E-state index contributed by atoms with van der Waals surface area (Å²) in [6.07, 6.45) is 5.49. The summed E-state index contributed by atoms with van der Waals surface area (Å²) >= 11 is 0. The fourth-order valence-corrected chi connectivity index (χ4v) is 2.55. The zero-order valence-corrected chi connectivity index (χ0v) is 13.1. The zero-order chi connectivity index (χ0) is 15.2. The average molecular weight is 289 g/mol. The summed E-state index contributed by atoms with van der Waals surface area (Å²) in [5.74, 6) is 0.882. The van der Waals surface area contributed by atoms with Gasteiger partial charge in [0.15, 0.2) is 0 Å². The molecular weight excluding hydrogens is 265 g/mol. The van der Waals surface area contributed by atoms with Crippen molar-refractivity contribution in [1.82, 2.24) is 14.9 Å². The van der Waals surface area contributed by atoms with Crippen LogP contribution in [0.25, 0.3) is 0 Å². The molecule has 3 nitrogen and oxygen atoms in total. The lowest BCUT2D eigenvalue weighted by Gasteiger charge is -2.20. The molecule has 0 aliphatic heterocycles. The van der Waals surface area contributed by atoms with Crippen LogP contribution >= 0.6 is 0 Å². The van der Waals surface area contributed by atoms with E-state index in [9.17, 15) is 4.39 Å². The lowest BCUT2D eigenvalue weighted by Crippen LogP contribution is -2.26. The lowest BCUT2D eigenvalue weighted by molar-refractivity contribution is 0.479. The maximum atomic E-state index is 14.4. The maximum Gasteiger partial charge on any atom is 0.130 e. The van der Waals surface area contributed by atoms with Crippen LogP contribution in [-0.4, -0.2) is 16.1 Å². The Morgan fingerprint density at radius 2 is 2.14 bits per heavy atom. The van der Waals surface area contributed by atoms with Gasteiger partial charge in [0.25, 0.3) is 0 Å². The number of rotatable bonds is 7. The van der Waals surface area contributed by atoms with Crippen LogP contribution in [0.15, 0.2) is 30.6 Å². The Hall–Kier alpha value is -1.68. The Morgan fingerprint density at radius 1 is 1.33 bits per heavy atom. The van der Waals surface area contributed by atoms with Gasteiger partial charge in [-0.2, -0.15) is 0 Å². The molecule has 0 aliphatic rings. The fraction of sp³-hybridized carbons (Fsp3) is 0.471. The van der Waals surface area contributed by atoms with Gasteiger partial charge in [0.05, 0.1) is 0 Å². The van der Waals surface area contributed by atoms with E-state index in [1.165, 1.54) is 0 Å². The molecule has 1 N–H and O–H groups in total. The van der Waals surface area contributed by atoms with Crippen LogP contribution in [0.2, 0.25) is 0 Å². The number of nitrogens with zero attached hydrogens (tertiary/aromatic N) is 2. The normalized spacial score (nSPS) is 12.6. The van der Waals surface area contributed by atoms with Crippen molar-refractivity contribution in [3.63, 3.8) is 0 Å². The molecule has 1 aromatic heterocycles. The summed E-state index contributed by atoms with van der Waals surface area (Å²) < 4.78 is 16.5. The van der Waals surface area contributed by atoms with Gasteiger partial charge in [-0.1, -0.05) is 25.1 Å². The van der Waals surface area contributed by atoms with E-state index in [1.54, 1.807) is 0 Å². The first-order valence-corrected chi connectivity index (χ1v) is 7.65. The first-order chi connectivity index (χ1) is 10.2. The van der Waals surface area contributed by atoms with Crippen LogP contribution in [0.1, 0.15) is 43.3 Å². The van der Waals surface area contributed by atoms with Crippen molar-refractivity contribution in [2.45, 2.75) is 46.2 Å². The molecule has 0 saturated heterocycles.